The zero-order valence-electron chi connectivity index (χ0n) is 14.0. The maximum absolute atomic E-state index is 12.3. The molecule has 0 spiro atoms. The molecule has 2 rings (SSSR count). The lowest BCUT2D eigenvalue weighted by Crippen LogP contribution is -2.48. The number of nitrogens with one attached hydrogen (secondary N) is 3. The number of thiocarbonyl (C=S) groups is 1. The van der Waals surface area contributed by atoms with Crippen LogP contribution in [0.4, 0.5) is 0 Å². The lowest BCUT2D eigenvalue weighted by molar-refractivity contribution is 0.0931. The number of rotatable bonds is 5. The van der Waals surface area contributed by atoms with Crippen LogP contribution in [0, 0.1) is 0 Å². The van der Waals surface area contributed by atoms with Crippen molar-refractivity contribution >= 4 is 45.1 Å². The third-order valence-corrected chi connectivity index (χ3v) is 4.12. The average Bonchev–Trinajstić information content (AvgIpc) is 2.65. The highest BCUT2D eigenvalue weighted by atomic mass is 79.9. The number of halogens is 1. The molecule has 136 valence electrons. The Bertz CT molecular complexity index is 814. The van der Waals surface area contributed by atoms with Gasteiger partial charge >= 0.3 is 0 Å². The molecule has 0 aliphatic rings. The van der Waals surface area contributed by atoms with Crippen LogP contribution in [0.25, 0.3) is 0 Å². The Morgan fingerprint density at radius 2 is 1.65 bits per heavy atom. The molecular formula is C18H18BrN3O3S. The van der Waals surface area contributed by atoms with Gasteiger partial charge in [0.2, 0.25) is 0 Å². The van der Waals surface area contributed by atoms with Crippen LogP contribution in [0.3, 0.4) is 0 Å². The van der Waals surface area contributed by atoms with Crippen molar-refractivity contribution in [2.24, 2.45) is 0 Å². The SMILES string of the molecule is CCCOc1ccccc1C(=O)NNC(=S)NC(=O)c1ccccc1Br. The molecule has 0 unspecified atom stereocenters. The van der Waals surface area contributed by atoms with Crippen molar-refractivity contribution in [2.45, 2.75) is 13.3 Å². The summed E-state index contributed by atoms with van der Waals surface area (Å²) in [5, 5.41) is 2.48. The van der Waals surface area contributed by atoms with Crippen LogP contribution in [0.15, 0.2) is 53.0 Å². The molecule has 2 amide bonds. The molecule has 0 aliphatic heterocycles. The van der Waals surface area contributed by atoms with Crippen LogP contribution in [0.1, 0.15) is 34.1 Å². The van der Waals surface area contributed by atoms with Crippen LogP contribution in [-0.4, -0.2) is 23.5 Å². The first kappa shape index (κ1) is 19.9. The molecule has 0 aliphatic carbocycles. The Hall–Kier alpha value is -2.45. The number of ether oxygens (including phenoxy) is 1. The minimum atomic E-state index is -0.422. The molecule has 3 N–H and O–H groups in total. The first-order valence-electron chi connectivity index (χ1n) is 7.91. The standard InChI is InChI=1S/C18H18BrN3O3S/c1-2-11-25-15-10-6-4-8-13(15)17(24)21-22-18(26)20-16(23)12-7-3-5-9-14(12)19/h3-10H,2,11H2,1H3,(H,21,24)(H2,20,22,23,26). The van der Waals surface area contributed by atoms with Gasteiger partial charge in [0.25, 0.3) is 11.8 Å². The third-order valence-electron chi connectivity index (χ3n) is 3.23. The fourth-order valence-corrected chi connectivity index (χ4v) is 2.63. The number of carbonyl (C=O) groups is 2. The van der Waals surface area contributed by atoms with E-state index in [1.54, 1.807) is 48.5 Å². The summed E-state index contributed by atoms with van der Waals surface area (Å²) in [6.07, 6.45) is 0.833. The van der Waals surface area contributed by atoms with Gasteiger partial charge in [0.15, 0.2) is 5.11 Å². The third kappa shape index (κ3) is 5.53. The van der Waals surface area contributed by atoms with E-state index in [0.717, 1.165) is 6.42 Å². The van der Waals surface area contributed by atoms with Gasteiger partial charge in [-0.2, -0.15) is 0 Å². The van der Waals surface area contributed by atoms with Gasteiger partial charge in [0.1, 0.15) is 5.75 Å². The molecule has 0 atom stereocenters. The van der Waals surface area contributed by atoms with Gasteiger partial charge in [0, 0.05) is 4.47 Å². The monoisotopic (exact) mass is 435 g/mol. The predicted octanol–water partition coefficient (Wildman–Crippen LogP) is 3.19. The lowest BCUT2D eigenvalue weighted by Gasteiger charge is -2.13. The van der Waals surface area contributed by atoms with Gasteiger partial charge in [-0.15, -0.1) is 0 Å². The van der Waals surface area contributed by atoms with E-state index in [4.69, 9.17) is 17.0 Å². The number of hydrogen-bond donors (Lipinski definition) is 3. The van der Waals surface area contributed by atoms with Gasteiger partial charge in [-0.25, -0.2) is 0 Å². The molecule has 26 heavy (non-hydrogen) atoms. The van der Waals surface area contributed by atoms with E-state index in [-0.39, 0.29) is 5.11 Å². The molecule has 2 aromatic rings. The summed E-state index contributed by atoms with van der Waals surface area (Å²) in [5.74, 6) is -0.332. The molecule has 0 fully saturated rings. The molecule has 2 aromatic carbocycles. The van der Waals surface area contributed by atoms with Gasteiger partial charge in [-0.1, -0.05) is 31.2 Å². The fraction of sp³-hybridized carbons (Fsp3) is 0.167. The maximum Gasteiger partial charge on any atom is 0.273 e. The Morgan fingerprint density at radius 1 is 1.00 bits per heavy atom. The predicted molar refractivity (Wildman–Crippen MR) is 107 cm³/mol. The van der Waals surface area contributed by atoms with Gasteiger partial charge < -0.3 is 4.74 Å². The van der Waals surface area contributed by atoms with Crippen molar-refractivity contribution in [3.05, 3.63) is 64.1 Å². The number of benzene rings is 2. The molecule has 0 heterocycles. The Morgan fingerprint density at radius 3 is 2.35 bits per heavy atom. The van der Waals surface area contributed by atoms with Crippen molar-refractivity contribution in [3.8, 4) is 5.75 Å². The number of para-hydroxylation sites is 1. The molecular weight excluding hydrogens is 418 g/mol. The molecule has 0 radical (unpaired) electrons. The van der Waals surface area contributed by atoms with E-state index in [1.807, 2.05) is 6.92 Å². The van der Waals surface area contributed by atoms with E-state index in [9.17, 15) is 9.59 Å². The van der Waals surface area contributed by atoms with Crippen molar-refractivity contribution in [1.82, 2.24) is 16.2 Å². The molecule has 8 heteroatoms. The number of amides is 2. The summed E-state index contributed by atoms with van der Waals surface area (Å²) < 4.78 is 6.20. The van der Waals surface area contributed by atoms with Crippen LogP contribution in [-0.2, 0) is 0 Å². The number of carbonyl (C=O) groups excluding carboxylic acids is 2. The van der Waals surface area contributed by atoms with Crippen LogP contribution >= 0.6 is 28.1 Å². The normalized spacial score (nSPS) is 9.92. The fourth-order valence-electron chi connectivity index (χ4n) is 2.02. The quantitative estimate of drug-likeness (QED) is 0.496. The smallest absolute Gasteiger partial charge is 0.273 e. The lowest BCUT2D eigenvalue weighted by atomic mass is 10.2. The Kier molecular flexibility index (Phi) is 7.55. The van der Waals surface area contributed by atoms with E-state index in [1.165, 1.54) is 0 Å². The average molecular weight is 436 g/mol. The largest absolute Gasteiger partial charge is 0.493 e. The maximum atomic E-state index is 12.3. The second kappa shape index (κ2) is 9.88. The highest BCUT2D eigenvalue weighted by Gasteiger charge is 2.14. The van der Waals surface area contributed by atoms with E-state index in [2.05, 4.69) is 32.1 Å². The summed E-state index contributed by atoms with van der Waals surface area (Å²) in [6.45, 7) is 2.49. The molecule has 0 bridgehead atoms. The van der Waals surface area contributed by atoms with Gasteiger partial charge in [0.05, 0.1) is 17.7 Å². The zero-order chi connectivity index (χ0) is 18.9. The zero-order valence-corrected chi connectivity index (χ0v) is 16.4. The number of hydrazine groups is 1. The summed E-state index contributed by atoms with van der Waals surface area (Å²) in [7, 11) is 0. The van der Waals surface area contributed by atoms with Crippen molar-refractivity contribution in [1.29, 1.82) is 0 Å². The first-order chi connectivity index (χ1) is 12.5. The summed E-state index contributed by atoms with van der Waals surface area (Å²) in [6, 6.07) is 13.8. The Balaban J connectivity index is 1.92. The second-order valence-corrected chi connectivity index (χ2v) is 6.45. The second-order valence-electron chi connectivity index (χ2n) is 5.19. The summed E-state index contributed by atoms with van der Waals surface area (Å²) in [4.78, 5) is 24.5. The van der Waals surface area contributed by atoms with E-state index in [0.29, 0.717) is 28.0 Å². The van der Waals surface area contributed by atoms with E-state index < -0.39 is 11.8 Å². The van der Waals surface area contributed by atoms with E-state index >= 15 is 0 Å². The highest BCUT2D eigenvalue weighted by molar-refractivity contribution is 9.10. The summed E-state index contributed by atoms with van der Waals surface area (Å²) >= 11 is 8.34. The first-order valence-corrected chi connectivity index (χ1v) is 9.11. The van der Waals surface area contributed by atoms with Crippen LogP contribution < -0.4 is 20.9 Å². The topological polar surface area (TPSA) is 79.5 Å². The van der Waals surface area contributed by atoms with Crippen molar-refractivity contribution in [3.63, 3.8) is 0 Å². The Labute approximate surface area is 165 Å². The van der Waals surface area contributed by atoms with Gasteiger partial charge in [-0.3, -0.25) is 25.8 Å². The van der Waals surface area contributed by atoms with Gasteiger partial charge in [-0.05, 0) is 58.8 Å². The van der Waals surface area contributed by atoms with Crippen LogP contribution in [0.5, 0.6) is 5.75 Å². The van der Waals surface area contributed by atoms with Crippen molar-refractivity contribution in [2.75, 3.05) is 6.61 Å². The minimum absolute atomic E-state index is 0.0222. The minimum Gasteiger partial charge on any atom is -0.493 e. The molecule has 0 aromatic heterocycles. The molecule has 6 nitrogen and oxygen atoms in total. The highest BCUT2D eigenvalue weighted by Crippen LogP contribution is 2.18. The molecule has 0 saturated heterocycles. The number of hydrogen-bond acceptors (Lipinski definition) is 4. The summed E-state index contributed by atoms with van der Waals surface area (Å²) in [5.41, 5.74) is 5.76. The van der Waals surface area contributed by atoms with Crippen molar-refractivity contribution < 1.29 is 14.3 Å². The van der Waals surface area contributed by atoms with Crippen LogP contribution in [0.2, 0.25) is 0 Å². The molecule has 0 saturated carbocycles.